The fraction of sp³-hybridized carbons (Fsp3) is 0.500. The molecule has 1 spiro atoms. The zero-order valence-electron chi connectivity index (χ0n) is 11.9. The van der Waals surface area contributed by atoms with Crippen LogP contribution in [0.1, 0.15) is 44.1 Å². The Morgan fingerprint density at radius 3 is 2.52 bits per heavy atom. The summed E-state index contributed by atoms with van der Waals surface area (Å²) in [6.07, 6.45) is 4.99. The molecule has 3 nitrogen and oxygen atoms in total. The molecule has 1 aromatic rings. The summed E-state index contributed by atoms with van der Waals surface area (Å²) in [7, 11) is 0. The molecule has 3 rings (SSSR count). The van der Waals surface area contributed by atoms with Gasteiger partial charge in [-0.3, -0.25) is 9.59 Å². The second-order valence-corrected chi connectivity index (χ2v) is 6.96. The van der Waals surface area contributed by atoms with E-state index < -0.39 is 5.41 Å². The second kappa shape index (κ2) is 5.20. The predicted octanol–water partition coefficient (Wildman–Crippen LogP) is 4.11. The summed E-state index contributed by atoms with van der Waals surface area (Å²) in [4.78, 5) is 26.5. The summed E-state index contributed by atoms with van der Waals surface area (Å²) in [6, 6.07) is 2.88. The smallest absolute Gasteiger partial charge is 0.240 e. The fourth-order valence-electron chi connectivity index (χ4n) is 3.53. The molecule has 1 saturated heterocycles. The molecule has 2 fully saturated rings. The maximum absolute atomic E-state index is 13.6. The summed E-state index contributed by atoms with van der Waals surface area (Å²) >= 11 is 3.13. The molecule has 0 bridgehead atoms. The van der Waals surface area contributed by atoms with Crippen molar-refractivity contribution < 1.29 is 14.0 Å². The van der Waals surface area contributed by atoms with Crippen molar-refractivity contribution in [2.75, 3.05) is 4.90 Å². The van der Waals surface area contributed by atoms with Crippen molar-refractivity contribution in [1.29, 1.82) is 0 Å². The van der Waals surface area contributed by atoms with Crippen LogP contribution in [-0.4, -0.2) is 11.8 Å². The molecule has 2 amide bonds. The highest BCUT2D eigenvalue weighted by Crippen LogP contribution is 2.47. The standard InChI is InChI=1S/C16H17BrFNO2/c1-10-7-12(18)11(17)8-13(10)19-14(20)9-16(15(19)21)5-3-2-4-6-16/h7-8H,2-6,9H2,1H3. The molecule has 0 aromatic heterocycles. The lowest BCUT2D eigenvalue weighted by molar-refractivity contribution is -0.127. The molecule has 1 aliphatic carbocycles. The van der Waals surface area contributed by atoms with Crippen LogP contribution in [0.4, 0.5) is 10.1 Å². The van der Waals surface area contributed by atoms with Crippen LogP contribution in [0.5, 0.6) is 0 Å². The molecule has 112 valence electrons. The summed E-state index contributed by atoms with van der Waals surface area (Å²) in [6.45, 7) is 1.72. The van der Waals surface area contributed by atoms with Crippen LogP contribution in [-0.2, 0) is 9.59 Å². The highest BCUT2D eigenvalue weighted by molar-refractivity contribution is 9.10. The molecule has 1 aromatic carbocycles. The highest BCUT2D eigenvalue weighted by Gasteiger charge is 2.52. The van der Waals surface area contributed by atoms with E-state index in [4.69, 9.17) is 0 Å². The number of anilines is 1. The van der Waals surface area contributed by atoms with Gasteiger partial charge in [-0.05, 0) is 53.4 Å². The number of benzene rings is 1. The second-order valence-electron chi connectivity index (χ2n) is 6.10. The Morgan fingerprint density at radius 2 is 1.86 bits per heavy atom. The summed E-state index contributed by atoms with van der Waals surface area (Å²) in [5.41, 5.74) is 0.591. The van der Waals surface area contributed by atoms with E-state index in [1.165, 1.54) is 17.0 Å². The number of hydrogen-bond donors (Lipinski definition) is 0. The quantitative estimate of drug-likeness (QED) is 0.712. The third kappa shape index (κ3) is 2.31. The first-order chi connectivity index (χ1) is 9.94. The van der Waals surface area contributed by atoms with E-state index >= 15 is 0 Å². The van der Waals surface area contributed by atoms with Crippen molar-refractivity contribution in [3.05, 3.63) is 28.0 Å². The maximum atomic E-state index is 13.6. The number of carbonyl (C=O) groups is 2. The number of nitrogens with zero attached hydrogens (tertiary/aromatic N) is 1. The van der Waals surface area contributed by atoms with Gasteiger partial charge in [0.15, 0.2) is 0 Å². The topological polar surface area (TPSA) is 37.4 Å². The molecule has 1 heterocycles. The van der Waals surface area contributed by atoms with Crippen LogP contribution >= 0.6 is 15.9 Å². The van der Waals surface area contributed by atoms with Gasteiger partial charge in [-0.1, -0.05) is 19.3 Å². The minimum absolute atomic E-state index is 0.103. The maximum Gasteiger partial charge on any atom is 0.240 e. The lowest BCUT2D eigenvalue weighted by Gasteiger charge is -2.30. The van der Waals surface area contributed by atoms with Gasteiger partial charge in [-0.25, -0.2) is 9.29 Å². The van der Waals surface area contributed by atoms with Gasteiger partial charge < -0.3 is 0 Å². The Bertz CT molecular complexity index is 623. The number of carbonyl (C=O) groups excluding carboxylic acids is 2. The lowest BCUT2D eigenvalue weighted by atomic mass is 9.73. The van der Waals surface area contributed by atoms with E-state index in [0.29, 0.717) is 17.7 Å². The Balaban J connectivity index is 2.01. The van der Waals surface area contributed by atoms with Crippen LogP contribution < -0.4 is 4.90 Å². The van der Waals surface area contributed by atoms with Crippen LogP contribution in [0.2, 0.25) is 0 Å². The van der Waals surface area contributed by atoms with Gasteiger partial charge in [0.1, 0.15) is 5.82 Å². The average molecular weight is 354 g/mol. The first-order valence-electron chi connectivity index (χ1n) is 7.28. The minimum Gasteiger partial charge on any atom is -0.274 e. The molecule has 1 aliphatic heterocycles. The van der Waals surface area contributed by atoms with Gasteiger partial charge in [0.05, 0.1) is 15.6 Å². The van der Waals surface area contributed by atoms with Gasteiger partial charge in [-0.15, -0.1) is 0 Å². The first kappa shape index (κ1) is 14.7. The molecular weight excluding hydrogens is 337 g/mol. The first-order valence-corrected chi connectivity index (χ1v) is 8.07. The monoisotopic (exact) mass is 353 g/mol. The van der Waals surface area contributed by atoms with E-state index in [0.717, 1.165) is 32.1 Å². The van der Waals surface area contributed by atoms with Crippen molar-refractivity contribution in [3.63, 3.8) is 0 Å². The van der Waals surface area contributed by atoms with Crippen molar-refractivity contribution in [3.8, 4) is 0 Å². The molecule has 0 atom stereocenters. The number of imide groups is 1. The van der Waals surface area contributed by atoms with Crippen molar-refractivity contribution in [2.45, 2.75) is 45.4 Å². The Morgan fingerprint density at radius 1 is 1.19 bits per heavy atom. The van der Waals surface area contributed by atoms with Gasteiger partial charge in [-0.2, -0.15) is 0 Å². The van der Waals surface area contributed by atoms with Crippen molar-refractivity contribution >= 4 is 33.4 Å². The predicted molar refractivity (Wildman–Crippen MR) is 81.5 cm³/mol. The average Bonchev–Trinajstić information content (AvgIpc) is 2.67. The Labute approximate surface area is 131 Å². The number of hydrogen-bond acceptors (Lipinski definition) is 2. The molecule has 0 N–H and O–H groups in total. The molecular formula is C16H17BrFNO2. The minimum atomic E-state index is -0.511. The van der Waals surface area contributed by atoms with Gasteiger partial charge in [0.25, 0.3) is 0 Å². The van der Waals surface area contributed by atoms with Crippen LogP contribution in [0, 0.1) is 18.2 Å². The highest BCUT2D eigenvalue weighted by atomic mass is 79.9. The lowest BCUT2D eigenvalue weighted by Crippen LogP contribution is -2.37. The largest absolute Gasteiger partial charge is 0.274 e. The van der Waals surface area contributed by atoms with Crippen molar-refractivity contribution in [1.82, 2.24) is 0 Å². The molecule has 21 heavy (non-hydrogen) atoms. The van der Waals surface area contributed by atoms with E-state index in [9.17, 15) is 14.0 Å². The molecule has 0 unspecified atom stereocenters. The number of amides is 2. The Kier molecular flexibility index (Phi) is 3.64. The van der Waals surface area contributed by atoms with E-state index in [-0.39, 0.29) is 22.1 Å². The zero-order valence-corrected chi connectivity index (χ0v) is 13.5. The third-order valence-electron chi connectivity index (χ3n) is 4.69. The molecule has 0 radical (unpaired) electrons. The number of aryl methyl sites for hydroxylation is 1. The fourth-order valence-corrected chi connectivity index (χ4v) is 3.87. The van der Waals surface area contributed by atoms with Crippen LogP contribution in [0.25, 0.3) is 0 Å². The van der Waals surface area contributed by atoms with Gasteiger partial charge in [0, 0.05) is 6.42 Å². The third-order valence-corrected chi connectivity index (χ3v) is 5.29. The molecule has 1 saturated carbocycles. The van der Waals surface area contributed by atoms with E-state index in [1.54, 1.807) is 6.92 Å². The van der Waals surface area contributed by atoms with Crippen molar-refractivity contribution in [2.24, 2.45) is 5.41 Å². The molecule has 2 aliphatic rings. The van der Waals surface area contributed by atoms with Crippen LogP contribution in [0.15, 0.2) is 16.6 Å². The van der Waals surface area contributed by atoms with Gasteiger partial charge >= 0.3 is 0 Å². The summed E-state index contributed by atoms with van der Waals surface area (Å²) in [5, 5.41) is 0. The normalized spacial score (nSPS) is 21.4. The molecule has 5 heteroatoms. The van der Waals surface area contributed by atoms with E-state index in [2.05, 4.69) is 15.9 Å². The SMILES string of the molecule is Cc1cc(F)c(Br)cc1N1C(=O)CC2(CCCCC2)C1=O. The number of rotatable bonds is 1. The summed E-state index contributed by atoms with van der Waals surface area (Å²) in [5.74, 6) is -0.653. The van der Waals surface area contributed by atoms with E-state index in [1.807, 2.05) is 0 Å². The Hall–Kier alpha value is -1.23. The number of halogens is 2. The summed E-state index contributed by atoms with van der Waals surface area (Å²) < 4.78 is 13.8. The van der Waals surface area contributed by atoms with Crippen LogP contribution in [0.3, 0.4) is 0 Å². The van der Waals surface area contributed by atoms with Gasteiger partial charge in [0.2, 0.25) is 11.8 Å². The zero-order chi connectivity index (χ0) is 15.2.